The van der Waals surface area contributed by atoms with E-state index in [1.54, 1.807) is 21.3 Å². The van der Waals surface area contributed by atoms with Gasteiger partial charge in [0.1, 0.15) is 18.5 Å². The molecule has 88 valence electrons. The molecule has 0 fully saturated rings. The molecular weight excluding hydrogens is 359 g/mol. The van der Waals surface area contributed by atoms with Crippen LogP contribution in [0.5, 0.6) is 0 Å². The van der Waals surface area contributed by atoms with Crippen LogP contribution in [0, 0.1) is 0 Å². The molecule has 0 aromatic rings. The third-order valence-electron chi connectivity index (χ3n) is 1.57. The van der Waals surface area contributed by atoms with Crippen LogP contribution < -0.4 is 29.8 Å². The molecule has 0 atom stereocenters. The average Bonchev–Trinajstić information content (AvgIpc) is 2.21. The van der Waals surface area contributed by atoms with Crippen LogP contribution in [0.25, 0.3) is 0 Å². The smallest absolute Gasteiger partial charge is 0.301 e. The summed E-state index contributed by atoms with van der Waals surface area (Å²) < 4.78 is 15.6. The summed E-state index contributed by atoms with van der Waals surface area (Å²) in [6.07, 6.45) is 2.47. The molecule has 15 heavy (non-hydrogen) atoms. The number of hydrogen-bond acceptors (Lipinski definition) is 4. The number of rotatable bonds is 9. The lowest BCUT2D eigenvalue weighted by Gasteiger charge is -2.30. The lowest BCUT2D eigenvalue weighted by atomic mass is 10.9. The Kier molecular flexibility index (Phi) is 14.4. The Morgan fingerprint density at radius 3 is 1.33 bits per heavy atom. The summed E-state index contributed by atoms with van der Waals surface area (Å²) in [6.45, 7) is 0. The Bertz CT molecular complexity index is 125. The molecule has 2 N–H and O–H groups in total. The van der Waals surface area contributed by atoms with E-state index in [4.69, 9.17) is 19.1 Å². The zero-order valence-electron chi connectivity index (χ0n) is 9.25. The minimum absolute atomic E-state index is 0. The molecule has 5 nitrogen and oxygen atoms in total. The minimum atomic E-state index is 0. The second-order valence-corrected chi connectivity index (χ2v) is 5.78. The molecule has 0 unspecified atom stereocenters. The van der Waals surface area contributed by atoms with Gasteiger partial charge in [-0.2, -0.15) is 5.84 Å². The first kappa shape index (κ1) is 18.5. The van der Waals surface area contributed by atoms with Gasteiger partial charge in [0.05, 0.1) is 0 Å². The predicted octanol–water partition coefficient (Wildman–Crippen LogP) is -4.65. The van der Waals surface area contributed by atoms with Crippen LogP contribution in [0.1, 0.15) is 0 Å². The molecule has 0 amide bonds. The summed E-state index contributed by atoms with van der Waals surface area (Å²) in [7, 11) is 6.38. The van der Waals surface area contributed by atoms with Crippen molar-refractivity contribution in [3.8, 4) is 0 Å². The van der Waals surface area contributed by atoms with Gasteiger partial charge >= 0.3 is 29.3 Å². The van der Waals surface area contributed by atoms with Crippen LogP contribution in [0.2, 0.25) is 0 Å². The van der Waals surface area contributed by atoms with Gasteiger partial charge in [0, 0.05) is 21.3 Å². The van der Waals surface area contributed by atoms with Crippen LogP contribution >= 0.6 is 0 Å². The summed E-state index contributed by atoms with van der Waals surface area (Å²) in [5, 5.41) is 0. The number of nitrogens with two attached hydrogens (primary N) is 1. The quantitative estimate of drug-likeness (QED) is 0.145. The maximum atomic E-state index is 6.17. The van der Waals surface area contributed by atoms with E-state index in [1.165, 1.54) is 0 Å². The van der Waals surface area contributed by atoms with Crippen LogP contribution in [0.15, 0.2) is 0 Å². The second kappa shape index (κ2) is 11.7. The first-order chi connectivity index (χ1) is 6.68. The van der Waals surface area contributed by atoms with Crippen LogP contribution in [-0.4, -0.2) is 73.7 Å². The van der Waals surface area contributed by atoms with Crippen LogP contribution in [0.4, 0.5) is 0 Å². The highest BCUT2D eigenvalue weighted by Crippen LogP contribution is 1.95. The molecule has 0 bridgehead atoms. The van der Waals surface area contributed by atoms with Gasteiger partial charge in [0.15, 0.2) is 0 Å². The first-order valence-corrected chi connectivity index (χ1v) is 7.45. The fraction of sp³-hybridized carbons (Fsp3) is 1.00. The van der Waals surface area contributed by atoms with Crippen molar-refractivity contribution < 1.29 is 41.8 Å². The van der Waals surface area contributed by atoms with Gasteiger partial charge in [-0.1, -0.05) is 0 Å². The summed E-state index contributed by atoms with van der Waals surface area (Å²) in [5.41, 5.74) is 0. The molecule has 0 aliphatic carbocycles. The average molecular weight is 376 g/mol. The lowest BCUT2D eigenvalue weighted by molar-refractivity contribution is -0.911. The van der Waals surface area contributed by atoms with Crippen molar-refractivity contribution in [1.82, 2.24) is 0 Å². The fourth-order valence-corrected chi connectivity index (χ4v) is 3.25. The van der Waals surface area contributed by atoms with Crippen molar-refractivity contribution in [2.75, 3.05) is 39.8 Å². The summed E-state index contributed by atoms with van der Waals surface area (Å²) in [4.78, 5) is 0. The summed E-state index contributed by atoms with van der Waals surface area (Å²) >= 11 is 0. The lowest BCUT2D eigenvalue weighted by Crippen LogP contribution is -3.00. The highest BCUT2D eigenvalue weighted by Gasteiger charge is 2.24. The van der Waals surface area contributed by atoms with Gasteiger partial charge < -0.3 is 37.3 Å². The maximum absolute atomic E-state index is 6.17. The molecule has 6 radical (unpaired) electrons. The zero-order valence-corrected chi connectivity index (χ0v) is 14.4. The normalized spacial score (nSPS) is 11.2. The molecule has 0 aliphatic heterocycles. The Balaban J connectivity index is 0. The number of hydrogen-bond donors (Lipinski definition) is 1. The molecule has 9 heteroatoms. The molecule has 0 saturated carbocycles. The highest BCUT2D eigenvalue weighted by molar-refractivity contribution is 6.29. The maximum Gasteiger partial charge on any atom is 0.301 e. The standard InChI is InChI=1S/C6H17N2O3Si3.HI/c1-9-12-4-8(7,5-13-10-2)6-14-11-3;/h4-7H2,1-3H3;1H/q+1;/p-1. The molecule has 0 heterocycles. The van der Waals surface area contributed by atoms with E-state index in [0.717, 1.165) is 18.5 Å². The Labute approximate surface area is 116 Å². The van der Waals surface area contributed by atoms with E-state index in [9.17, 15) is 0 Å². The van der Waals surface area contributed by atoms with Crippen molar-refractivity contribution in [2.24, 2.45) is 5.84 Å². The molecule has 0 aromatic heterocycles. The third-order valence-corrected chi connectivity index (χ3v) is 4.71. The van der Waals surface area contributed by atoms with E-state index in [0.29, 0.717) is 33.9 Å². The number of quaternary nitrogens is 1. The van der Waals surface area contributed by atoms with Crippen molar-refractivity contribution >= 4 is 29.3 Å². The first-order valence-electron chi connectivity index (χ1n) is 4.10. The van der Waals surface area contributed by atoms with E-state index in [2.05, 4.69) is 0 Å². The van der Waals surface area contributed by atoms with Gasteiger partial charge in [-0.25, -0.2) is 0 Å². The topological polar surface area (TPSA) is 53.7 Å². The van der Waals surface area contributed by atoms with Crippen molar-refractivity contribution in [3.05, 3.63) is 0 Å². The zero-order chi connectivity index (χ0) is 10.9. The van der Waals surface area contributed by atoms with Crippen LogP contribution in [-0.2, 0) is 13.3 Å². The van der Waals surface area contributed by atoms with E-state index in [-0.39, 0.29) is 24.0 Å². The number of nitrogens with zero attached hydrogens (tertiary/aromatic N) is 1. The third kappa shape index (κ3) is 10.1. The van der Waals surface area contributed by atoms with Crippen LogP contribution in [0.3, 0.4) is 0 Å². The predicted molar refractivity (Wildman–Crippen MR) is 57.3 cm³/mol. The molecule has 0 saturated heterocycles. The summed E-state index contributed by atoms with van der Waals surface area (Å²) in [6, 6.07) is 0. The Morgan fingerprint density at radius 2 is 1.13 bits per heavy atom. The fourth-order valence-electron chi connectivity index (χ4n) is 0.747. The molecule has 0 aromatic carbocycles. The molecule has 0 spiro atoms. The van der Waals surface area contributed by atoms with Crippen molar-refractivity contribution in [2.45, 2.75) is 0 Å². The second-order valence-electron chi connectivity index (χ2n) is 2.74. The van der Waals surface area contributed by atoms with E-state index in [1.807, 2.05) is 0 Å². The van der Waals surface area contributed by atoms with Gasteiger partial charge in [-0.15, -0.1) is 0 Å². The highest BCUT2D eigenvalue weighted by atomic mass is 127. The SMILES string of the molecule is CO[Si]C[N+](N)(C[Si]OC)C[Si]OC.[I-]. The molecular formula is C6H17IN2O3Si3. The summed E-state index contributed by atoms with van der Waals surface area (Å²) in [5.74, 6) is 6.17. The van der Waals surface area contributed by atoms with Gasteiger partial charge in [-0.05, 0) is 0 Å². The van der Waals surface area contributed by atoms with Gasteiger partial charge in [0.2, 0.25) is 0 Å². The Hall–Kier alpha value is 1.18. The number of halogens is 1. The largest absolute Gasteiger partial charge is 1.00 e. The van der Waals surface area contributed by atoms with E-state index < -0.39 is 0 Å². The Morgan fingerprint density at radius 1 is 0.867 bits per heavy atom. The van der Waals surface area contributed by atoms with Gasteiger partial charge in [-0.3, -0.25) is 4.59 Å². The van der Waals surface area contributed by atoms with E-state index >= 15 is 0 Å². The molecule has 0 rings (SSSR count). The minimum Gasteiger partial charge on any atom is -1.00 e. The monoisotopic (exact) mass is 376 g/mol. The van der Waals surface area contributed by atoms with Crippen molar-refractivity contribution in [1.29, 1.82) is 0 Å². The molecule has 0 aliphatic rings. The van der Waals surface area contributed by atoms with Crippen molar-refractivity contribution in [3.63, 3.8) is 0 Å². The van der Waals surface area contributed by atoms with Gasteiger partial charge in [0.25, 0.3) is 0 Å².